The Hall–Kier alpha value is -1.56. The third-order valence-corrected chi connectivity index (χ3v) is 4.56. The van der Waals surface area contributed by atoms with Gasteiger partial charge >= 0.3 is 0 Å². The Kier molecular flexibility index (Phi) is 5.20. The van der Waals surface area contributed by atoms with E-state index in [0.717, 1.165) is 49.8 Å². The van der Waals surface area contributed by atoms with Crippen molar-refractivity contribution < 1.29 is 9.90 Å². The number of halogens is 1. The average Bonchev–Trinajstić information content (AvgIpc) is 2.96. The van der Waals surface area contributed by atoms with Crippen molar-refractivity contribution in [1.82, 2.24) is 15.2 Å². The number of piperidine rings is 1. The van der Waals surface area contributed by atoms with Crippen molar-refractivity contribution in [3.63, 3.8) is 0 Å². The van der Waals surface area contributed by atoms with Gasteiger partial charge in [-0.15, -0.1) is 0 Å². The molecule has 0 radical (unpaired) electrons. The Morgan fingerprint density at radius 3 is 2.91 bits per heavy atom. The minimum Gasteiger partial charge on any atom is -0.393 e. The first-order valence-electron chi connectivity index (χ1n) is 8.09. The molecule has 3 N–H and O–H groups in total. The number of likely N-dealkylation sites (tertiary alicyclic amines) is 1. The third kappa shape index (κ3) is 4.25. The van der Waals surface area contributed by atoms with E-state index in [0.29, 0.717) is 17.3 Å². The largest absolute Gasteiger partial charge is 0.393 e. The number of carbonyl (C=O) groups is 1. The summed E-state index contributed by atoms with van der Waals surface area (Å²) < 4.78 is 0. The quantitative estimate of drug-likeness (QED) is 0.735. The number of carbonyl (C=O) groups excluding carboxylic acids is 1. The van der Waals surface area contributed by atoms with E-state index in [1.54, 1.807) is 6.07 Å². The number of nitrogens with one attached hydrogen (secondary N) is 2. The zero-order valence-electron chi connectivity index (χ0n) is 13.0. The lowest BCUT2D eigenvalue weighted by Gasteiger charge is -2.29. The lowest BCUT2D eigenvalue weighted by atomic mass is 10.1. The summed E-state index contributed by atoms with van der Waals surface area (Å²) in [6.07, 6.45) is 2.48. The molecular weight excluding hydrogens is 314 g/mol. The number of hydrogen-bond donors (Lipinski definition) is 3. The maximum Gasteiger partial charge on any atom is 0.267 e. The topological polar surface area (TPSA) is 68.4 Å². The molecule has 0 unspecified atom stereocenters. The summed E-state index contributed by atoms with van der Waals surface area (Å²) in [5.41, 5.74) is 1.47. The van der Waals surface area contributed by atoms with Crippen LogP contribution in [0.15, 0.2) is 24.3 Å². The van der Waals surface area contributed by atoms with E-state index in [1.807, 2.05) is 18.2 Å². The molecule has 5 nitrogen and oxygen atoms in total. The van der Waals surface area contributed by atoms with Gasteiger partial charge in [-0.1, -0.05) is 11.6 Å². The molecule has 2 heterocycles. The Morgan fingerprint density at radius 1 is 1.35 bits per heavy atom. The third-order valence-electron chi connectivity index (χ3n) is 4.32. The van der Waals surface area contributed by atoms with E-state index in [-0.39, 0.29) is 12.0 Å². The Labute approximate surface area is 140 Å². The summed E-state index contributed by atoms with van der Waals surface area (Å²) in [6.45, 7) is 3.49. The summed E-state index contributed by atoms with van der Waals surface area (Å²) >= 11 is 5.96. The first-order chi connectivity index (χ1) is 11.1. The summed E-state index contributed by atoms with van der Waals surface area (Å²) in [5.74, 6) is -0.0913. The van der Waals surface area contributed by atoms with Crippen LogP contribution < -0.4 is 5.32 Å². The summed E-state index contributed by atoms with van der Waals surface area (Å²) in [6, 6.07) is 7.34. The molecule has 1 aliphatic rings. The summed E-state index contributed by atoms with van der Waals surface area (Å²) in [4.78, 5) is 17.6. The van der Waals surface area contributed by atoms with Crippen LogP contribution in [-0.4, -0.2) is 53.2 Å². The van der Waals surface area contributed by atoms with E-state index < -0.39 is 0 Å². The number of aliphatic hydroxyl groups excluding tert-OH is 1. The molecule has 2 aromatic rings. The fourth-order valence-corrected chi connectivity index (χ4v) is 3.15. The van der Waals surface area contributed by atoms with Crippen LogP contribution in [0.3, 0.4) is 0 Å². The van der Waals surface area contributed by atoms with Gasteiger partial charge in [0.15, 0.2) is 0 Å². The highest BCUT2D eigenvalue weighted by molar-refractivity contribution is 6.31. The second-order valence-corrected chi connectivity index (χ2v) is 6.53. The predicted octanol–water partition coefficient (Wildman–Crippen LogP) is 2.40. The van der Waals surface area contributed by atoms with Crippen LogP contribution >= 0.6 is 11.6 Å². The lowest BCUT2D eigenvalue weighted by Crippen LogP contribution is -2.37. The van der Waals surface area contributed by atoms with Crippen LogP contribution in [0.2, 0.25) is 5.02 Å². The summed E-state index contributed by atoms with van der Waals surface area (Å²) in [7, 11) is 0. The van der Waals surface area contributed by atoms with Gasteiger partial charge in [0, 0.05) is 35.6 Å². The molecule has 1 fully saturated rings. The van der Waals surface area contributed by atoms with Crippen LogP contribution in [0.5, 0.6) is 0 Å². The molecule has 1 aromatic carbocycles. The van der Waals surface area contributed by atoms with Gasteiger partial charge in [-0.2, -0.15) is 0 Å². The second-order valence-electron chi connectivity index (χ2n) is 6.10. The van der Waals surface area contributed by atoms with Gasteiger partial charge in [-0.25, -0.2) is 0 Å². The van der Waals surface area contributed by atoms with Crippen molar-refractivity contribution >= 4 is 28.4 Å². The molecule has 1 aromatic heterocycles. The molecule has 6 heteroatoms. The number of fused-ring (bicyclic) bond motifs is 1. The number of aromatic nitrogens is 1. The standard InChI is InChI=1S/C17H22ClN3O2/c18-13-2-3-15-12(10-13)11-16(20-15)17(23)19-6-1-7-21-8-4-14(22)5-9-21/h2-3,10-11,14,20,22H,1,4-9H2,(H,19,23). The summed E-state index contributed by atoms with van der Waals surface area (Å²) in [5, 5.41) is 14.0. The number of aromatic amines is 1. The highest BCUT2D eigenvalue weighted by Gasteiger charge is 2.16. The second kappa shape index (κ2) is 7.34. The molecule has 23 heavy (non-hydrogen) atoms. The highest BCUT2D eigenvalue weighted by Crippen LogP contribution is 2.20. The number of nitrogens with zero attached hydrogens (tertiary/aromatic N) is 1. The van der Waals surface area contributed by atoms with E-state index in [4.69, 9.17) is 11.6 Å². The van der Waals surface area contributed by atoms with Gasteiger partial charge in [0.1, 0.15) is 5.69 Å². The van der Waals surface area contributed by atoms with Gasteiger partial charge in [-0.3, -0.25) is 4.79 Å². The smallest absolute Gasteiger partial charge is 0.267 e. The van der Waals surface area contributed by atoms with Crippen LogP contribution in [0.25, 0.3) is 10.9 Å². The van der Waals surface area contributed by atoms with Crippen molar-refractivity contribution in [3.8, 4) is 0 Å². The molecule has 0 atom stereocenters. The monoisotopic (exact) mass is 335 g/mol. The van der Waals surface area contributed by atoms with E-state index >= 15 is 0 Å². The van der Waals surface area contributed by atoms with Crippen molar-refractivity contribution in [2.24, 2.45) is 0 Å². The zero-order chi connectivity index (χ0) is 16.2. The van der Waals surface area contributed by atoms with Crippen LogP contribution in [0, 0.1) is 0 Å². The van der Waals surface area contributed by atoms with Gasteiger partial charge in [-0.05, 0) is 50.1 Å². The minimum absolute atomic E-state index is 0.0913. The number of amides is 1. The van der Waals surface area contributed by atoms with Gasteiger partial charge in [0.25, 0.3) is 5.91 Å². The Balaban J connectivity index is 1.45. The van der Waals surface area contributed by atoms with Gasteiger partial charge < -0.3 is 20.3 Å². The van der Waals surface area contributed by atoms with Crippen LogP contribution in [0.4, 0.5) is 0 Å². The molecule has 3 rings (SSSR count). The lowest BCUT2D eigenvalue weighted by molar-refractivity contribution is 0.0816. The molecule has 0 bridgehead atoms. The van der Waals surface area contributed by atoms with Crippen molar-refractivity contribution in [1.29, 1.82) is 0 Å². The van der Waals surface area contributed by atoms with Gasteiger partial charge in [0.2, 0.25) is 0 Å². The van der Waals surface area contributed by atoms with Crippen molar-refractivity contribution in [2.75, 3.05) is 26.2 Å². The maximum atomic E-state index is 12.2. The number of benzene rings is 1. The minimum atomic E-state index is -0.138. The molecule has 124 valence electrons. The molecule has 0 spiro atoms. The molecule has 1 aliphatic heterocycles. The normalized spacial score (nSPS) is 16.8. The van der Waals surface area contributed by atoms with Crippen LogP contribution in [0.1, 0.15) is 29.8 Å². The molecule has 1 amide bonds. The average molecular weight is 336 g/mol. The Morgan fingerprint density at radius 2 is 2.13 bits per heavy atom. The SMILES string of the molecule is O=C(NCCCN1CCC(O)CC1)c1cc2cc(Cl)ccc2[nH]1. The number of H-pyrrole nitrogens is 1. The molecular formula is C17H22ClN3O2. The zero-order valence-corrected chi connectivity index (χ0v) is 13.8. The molecule has 0 saturated carbocycles. The number of rotatable bonds is 5. The number of aliphatic hydroxyl groups is 1. The molecule has 0 aliphatic carbocycles. The van der Waals surface area contributed by atoms with E-state index in [2.05, 4.69) is 15.2 Å². The first-order valence-corrected chi connectivity index (χ1v) is 8.46. The van der Waals surface area contributed by atoms with E-state index in [9.17, 15) is 9.90 Å². The molecule has 1 saturated heterocycles. The first kappa shape index (κ1) is 16.3. The highest BCUT2D eigenvalue weighted by atomic mass is 35.5. The predicted molar refractivity (Wildman–Crippen MR) is 91.9 cm³/mol. The van der Waals surface area contributed by atoms with Crippen LogP contribution in [-0.2, 0) is 0 Å². The van der Waals surface area contributed by atoms with Crippen molar-refractivity contribution in [3.05, 3.63) is 35.0 Å². The number of hydrogen-bond acceptors (Lipinski definition) is 3. The van der Waals surface area contributed by atoms with Crippen molar-refractivity contribution in [2.45, 2.75) is 25.4 Å². The van der Waals surface area contributed by atoms with E-state index in [1.165, 1.54) is 0 Å². The maximum absolute atomic E-state index is 12.2. The fourth-order valence-electron chi connectivity index (χ4n) is 2.97. The fraction of sp³-hybridized carbons (Fsp3) is 0.471. The van der Waals surface area contributed by atoms with Gasteiger partial charge in [0.05, 0.1) is 6.10 Å². The Bertz CT molecular complexity index is 678.